The summed E-state index contributed by atoms with van der Waals surface area (Å²) in [5.41, 5.74) is 0.742. The number of aromatic hydroxyl groups is 3. The number of pyridine rings is 1. The standard InChI is InChI=1S/C14H9N5O4/c15-11-10-7(12(21)16-14(10)23)4-9(20)19(11)5-1-2-8-6(3-5)13(22)18-17-8/h1-4,15-16,20-21,23H. The van der Waals surface area contributed by atoms with Crippen LogP contribution in [0.15, 0.2) is 34.5 Å². The molecule has 114 valence electrons. The zero-order chi connectivity index (χ0) is 16.3. The van der Waals surface area contributed by atoms with Crippen LogP contribution in [-0.2, 0) is 0 Å². The van der Waals surface area contributed by atoms with Crippen LogP contribution in [0.4, 0.5) is 5.69 Å². The highest BCUT2D eigenvalue weighted by Gasteiger charge is 2.20. The number of H-pyrrole nitrogens is 1. The van der Waals surface area contributed by atoms with Gasteiger partial charge in [0.15, 0.2) is 11.8 Å². The summed E-state index contributed by atoms with van der Waals surface area (Å²) in [6.07, 6.45) is 0. The summed E-state index contributed by atoms with van der Waals surface area (Å²) in [4.78, 5) is 13.9. The van der Waals surface area contributed by atoms with Crippen molar-refractivity contribution in [3.63, 3.8) is 0 Å². The maximum atomic E-state index is 11.6. The van der Waals surface area contributed by atoms with Gasteiger partial charge in [-0.3, -0.25) is 19.8 Å². The summed E-state index contributed by atoms with van der Waals surface area (Å²) in [5, 5.41) is 45.2. The molecule has 1 aliphatic heterocycles. The highest BCUT2D eigenvalue weighted by Crippen LogP contribution is 2.34. The molecule has 9 heteroatoms. The van der Waals surface area contributed by atoms with E-state index in [0.717, 1.165) is 4.57 Å². The van der Waals surface area contributed by atoms with Crippen molar-refractivity contribution in [3.05, 3.63) is 35.3 Å². The van der Waals surface area contributed by atoms with Crippen molar-refractivity contribution in [2.24, 2.45) is 10.2 Å². The van der Waals surface area contributed by atoms with Crippen LogP contribution < -0.4 is 5.49 Å². The third-order valence-corrected chi connectivity index (χ3v) is 3.68. The van der Waals surface area contributed by atoms with E-state index in [4.69, 9.17) is 5.41 Å². The SMILES string of the molecule is N=c1c2c(O)[nH]c(O)c2cc(O)n1-c1ccc2c(c1)C(=O)N=N2. The molecule has 0 radical (unpaired) electrons. The first-order chi connectivity index (χ1) is 11.0. The summed E-state index contributed by atoms with van der Waals surface area (Å²) in [6, 6.07) is 5.76. The van der Waals surface area contributed by atoms with E-state index >= 15 is 0 Å². The summed E-state index contributed by atoms with van der Waals surface area (Å²) >= 11 is 0. The number of aromatic amines is 1. The molecule has 0 aliphatic carbocycles. The maximum Gasteiger partial charge on any atom is 0.297 e. The Labute approximate surface area is 127 Å². The van der Waals surface area contributed by atoms with E-state index in [1.165, 1.54) is 12.1 Å². The first-order valence-electron chi connectivity index (χ1n) is 6.51. The Bertz CT molecular complexity index is 1090. The normalized spacial score (nSPS) is 13.0. The molecule has 0 unspecified atom stereocenters. The van der Waals surface area contributed by atoms with Crippen LogP contribution >= 0.6 is 0 Å². The van der Waals surface area contributed by atoms with E-state index in [0.29, 0.717) is 11.4 Å². The number of rotatable bonds is 1. The van der Waals surface area contributed by atoms with Gasteiger partial charge in [0.2, 0.25) is 5.88 Å². The number of nitrogens with zero attached hydrogens (tertiary/aromatic N) is 3. The highest BCUT2D eigenvalue weighted by molar-refractivity contribution is 6.02. The van der Waals surface area contributed by atoms with Crippen molar-refractivity contribution in [3.8, 4) is 23.3 Å². The van der Waals surface area contributed by atoms with Gasteiger partial charge in [-0.15, -0.1) is 10.2 Å². The van der Waals surface area contributed by atoms with E-state index in [1.54, 1.807) is 12.1 Å². The van der Waals surface area contributed by atoms with Gasteiger partial charge in [0, 0.05) is 6.07 Å². The Balaban J connectivity index is 2.04. The Morgan fingerprint density at radius 3 is 2.65 bits per heavy atom. The Morgan fingerprint density at radius 2 is 1.87 bits per heavy atom. The number of nitrogens with one attached hydrogen (secondary N) is 2. The van der Waals surface area contributed by atoms with Gasteiger partial charge in [0.1, 0.15) is 5.49 Å². The number of benzene rings is 1. The van der Waals surface area contributed by atoms with Crippen molar-refractivity contribution in [2.75, 3.05) is 0 Å². The van der Waals surface area contributed by atoms with Crippen LogP contribution in [0.1, 0.15) is 10.4 Å². The van der Waals surface area contributed by atoms with Crippen LogP contribution in [0.3, 0.4) is 0 Å². The smallest absolute Gasteiger partial charge is 0.297 e. The summed E-state index contributed by atoms with van der Waals surface area (Å²) in [6.45, 7) is 0. The Kier molecular flexibility index (Phi) is 2.38. The maximum absolute atomic E-state index is 11.6. The minimum Gasteiger partial charge on any atom is -0.494 e. The van der Waals surface area contributed by atoms with Gasteiger partial charge in [-0.25, -0.2) is 0 Å². The Hall–Kier alpha value is -3.62. The van der Waals surface area contributed by atoms with Gasteiger partial charge >= 0.3 is 0 Å². The van der Waals surface area contributed by atoms with Crippen LogP contribution in [0, 0.1) is 5.41 Å². The second kappa shape index (κ2) is 4.19. The fourth-order valence-electron chi connectivity index (χ4n) is 2.62. The summed E-state index contributed by atoms with van der Waals surface area (Å²) < 4.78 is 1.13. The topological polar surface area (TPSA) is 147 Å². The summed E-state index contributed by atoms with van der Waals surface area (Å²) in [5.74, 6) is -1.58. The van der Waals surface area contributed by atoms with Crippen molar-refractivity contribution in [1.82, 2.24) is 9.55 Å². The molecule has 0 saturated carbocycles. The lowest BCUT2D eigenvalue weighted by Gasteiger charge is -2.11. The van der Waals surface area contributed by atoms with Gasteiger partial charge in [-0.05, 0) is 18.2 Å². The number of amides is 1. The van der Waals surface area contributed by atoms with Gasteiger partial charge < -0.3 is 15.3 Å². The van der Waals surface area contributed by atoms with Crippen molar-refractivity contribution in [1.29, 1.82) is 5.41 Å². The molecule has 2 aromatic heterocycles. The van der Waals surface area contributed by atoms with Crippen LogP contribution in [0.5, 0.6) is 17.6 Å². The zero-order valence-corrected chi connectivity index (χ0v) is 11.4. The number of hydrogen-bond donors (Lipinski definition) is 5. The van der Waals surface area contributed by atoms with Crippen molar-refractivity contribution >= 4 is 22.4 Å². The molecule has 3 heterocycles. The molecule has 0 bridgehead atoms. The van der Waals surface area contributed by atoms with E-state index in [2.05, 4.69) is 15.2 Å². The number of carbonyl (C=O) groups is 1. The molecule has 0 saturated heterocycles. The quantitative estimate of drug-likeness (QED) is 0.466. The third-order valence-electron chi connectivity index (χ3n) is 3.68. The lowest BCUT2D eigenvalue weighted by molar-refractivity contribution is 0.100. The van der Waals surface area contributed by atoms with Gasteiger partial charge in [-0.2, -0.15) is 0 Å². The number of aromatic nitrogens is 2. The fourth-order valence-corrected chi connectivity index (χ4v) is 2.62. The van der Waals surface area contributed by atoms with Gasteiger partial charge in [0.05, 0.1) is 27.7 Å². The second-order valence-electron chi connectivity index (χ2n) is 5.00. The molecule has 1 amide bonds. The first kappa shape index (κ1) is 13.1. The molecular formula is C14H9N5O4. The largest absolute Gasteiger partial charge is 0.494 e. The predicted molar refractivity (Wildman–Crippen MR) is 77.3 cm³/mol. The minimum atomic E-state index is -0.503. The van der Waals surface area contributed by atoms with E-state index in [-0.39, 0.29) is 33.6 Å². The average Bonchev–Trinajstić information content (AvgIpc) is 3.00. The molecule has 4 rings (SSSR count). The van der Waals surface area contributed by atoms with Crippen LogP contribution in [-0.4, -0.2) is 30.8 Å². The molecule has 3 aromatic rings. The lowest BCUT2D eigenvalue weighted by Crippen LogP contribution is -2.18. The zero-order valence-electron chi connectivity index (χ0n) is 11.4. The lowest BCUT2D eigenvalue weighted by atomic mass is 10.1. The molecular weight excluding hydrogens is 302 g/mol. The average molecular weight is 311 g/mol. The first-order valence-corrected chi connectivity index (χ1v) is 6.51. The van der Waals surface area contributed by atoms with Crippen molar-refractivity contribution in [2.45, 2.75) is 0 Å². The molecule has 0 spiro atoms. The van der Waals surface area contributed by atoms with E-state index < -0.39 is 11.8 Å². The molecule has 9 nitrogen and oxygen atoms in total. The second-order valence-corrected chi connectivity index (χ2v) is 5.00. The van der Waals surface area contributed by atoms with E-state index in [1.807, 2.05) is 0 Å². The molecule has 1 aromatic carbocycles. The highest BCUT2D eigenvalue weighted by atomic mass is 16.3. The fraction of sp³-hybridized carbons (Fsp3) is 0. The molecule has 23 heavy (non-hydrogen) atoms. The van der Waals surface area contributed by atoms with Gasteiger partial charge in [0.25, 0.3) is 5.91 Å². The Morgan fingerprint density at radius 1 is 1.09 bits per heavy atom. The van der Waals surface area contributed by atoms with Crippen molar-refractivity contribution < 1.29 is 20.1 Å². The number of azo groups is 1. The molecule has 0 atom stereocenters. The number of hydrogen-bond acceptors (Lipinski definition) is 6. The monoisotopic (exact) mass is 311 g/mol. The number of carbonyl (C=O) groups excluding carboxylic acids is 1. The molecule has 5 N–H and O–H groups in total. The minimum absolute atomic E-state index is 0.0431. The predicted octanol–water partition coefficient (Wildman–Crippen LogP) is 1.79. The van der Waals surface area contributed by atoms with E-state index in [9.17, 15) is 20.1 Å². The molecule has 1 aliphatic rings. The van der Waals surface area contributed by atoms with Crippen LogP contribution in [0.25, 0.3) is 16.5 Å². The van der Waals surface area contributed by atoms with Gasteiger partial charge in [-0.1, -0.05) is 0 Å². The third kappa shape index (κ3) is 1.67. The summed E-state index contributed by atoms with van der Waals surface area (Å²) in [7, 11) is 0. The number of fused-ring (bicyclic) bond motifs is 2. The molecule has 0 fully saturated rings. The van der Waals surface area contributed by atoms with Crippen LogP contribution in [0.2, 0.25) is 0 Å².